The Bertz CT molecular complexity index is 823. The van der Waals surface area contributed by atoms with Crippen LogP contribution in [0.2, 0.25) is 0 Å². The maximum absolute atomic E-state index is 13.1. The van der Waals surface area contributed by atoms with Gasteiger partial charge in [-0.3, -0.25) is 9.20 Å². The summed E-state index contributed by atoms with van der Waals surface area (Å²) in [7, 11) is 2.11. The summed E-state index contributed by atoms with van der Waals surface area (Å²) < 4.78 is 2.05. The molecule has 2 saturated heterocycles. The van der Waals surface area contributed by atoms with Gasteiger partial charge in [0.1, 0.15) is 6.33 Å². The number of rotatable bonds is 3. The van der Waals surface area contributed by atoms with Crippen LogP contribution in [0.25, 0.3) is 5.65 Å². The van der Waals surface area contributed by atoms with Gasteiger partial charge < -0.3 is 14.7 Å². The van der Waals surface area contributed by atoms with E-state index in [4.69, 9.17) is 0 Å². The van der Waals surface area contributed by atoms with Crippen molar-refractivity contribution in [2.45, 2.75) is 45.1 Å². The van der Waals surface area contributed by atoms with Crippen LogP contribution in [0.3, 0.4) is 0 Å². The number of likely N-dealkylation sites (tertiary alicyclic amines) is 1. The lowest BCUT2D eigenvalue weighted by molar-refractivity contribution is 0.0759. The van der Waals surface area contributed by atoms with Crippen molar-refractivity contribution in [1.29, 1.82) is 0 Å². The SMILES string of the molecule is CC(C)N1CCC(c2ccnc3c(C(=O)N4CCCN(C)CC4)ncn23)CC1. The highest BCUT2D eigenvalue weighted by Gasteiger charge is 2.27. The van der Waals surface area contributed by atoms with Gasteiger partial charge in [-0.05, 0) is 65.9 Å². The van der Waals surface area contributed by atoms with Gasteiger partial charge in [0.25, 0.3) is 5.91 Å². The molecule has 28 heavy (non-hydrogen) atoms. The number of amides is 1. The molecule has 0 aromatic carbocycles. The van der Waals surface area contributed by atoms with Crippen molar-refractivity contribution in [3.05, 3.63) is 30.0 Å². The van der Waals surface area contributed by atoms with E-state index in [9.17, 15) is 4.79 Å². The van der Waals surface area contributed by atoms with E-state index in [1.54, 1.807) is 6.33 Å². The number of piperidine rings is 1. The zero-order chi connectivity index (χ0) is 19.7. The fourth-order valence-corrected chi connectivity index (χ4v) is 4.51. The van der Waals surface area contributed by atoms with Crippen LogP contribution in [0.1, 0.15) is 55.2 Å². The molecule has 4 rings (SSSR count). The summed E-state index contributed by atoms with van der Waals surface area (Å²) in [5.74, 6) is 0.501. The molecule has 2 aliphatic rings. The van der Waals surface area contributed by atoms with Gasteiger partial charge in [0, 0.05) is 43.5 Å². The summed E-state index contributed by atoms with van der Waals surface area (Å²) in [5, 5.41) is 0. The third-order valence-corrected chi connectivity index (χ3v) is 6.35. The molecule has 0 bridgehead atoms. The van der Waals surface area contributed by atoms with Crippen molar-refractivity contribution < 1.29 is 4.79 Å². The Balaban J connectivity index is 1.56. The minimum atomic E-state index is 0.0112. The van der Waals surface area contributed by atoms with Crippen LogP contribution in [0, 0.1) is 0 Å². The number of carbonyl (C=O) groups excluding carboxylic acids is 1. The molecule has 4 heterocycles. The quantitative estimate of drug-likeness (QED) is 0.811. The van der Waals surface area contributed by atoms with E-state index in [0.29, 0.717) is 23.3 Å². The molecular formula is C21H32N6O. The number of hydrogen-bond acceptors (Lipinski definition) is 5. The highest BCUT2D eigenvalue weighted by molar-refractivity contribution is 5.98. The summed E-state index contributed by atoms with van der Waals surface area (Å²) in [5.41, 5.74) is 2.42. The minimum absolute atomic E-state index is 0.0112. The van der Waals surface area contributed by atoms with Crippen molar-refractivity contribution >= 4 is 11.6 Å². The number of hydrogen-bond donors (Lipinski definition) is 0. The number of fused-ring (bicyclic) bond motifs is 1. The summed E-state index contributed by atoms with van der Waals surface area (Å²) in [6.07, 6.45) is 6.91. The van der Waals surface area contributed by atoms with E-state index in [0.717, 1.165) is 58.5 Å². The van der Waals surface area contributed by atoms with Gasteiger partial charge in [0.15, 0.2) is 11.3 Å². The first-order valence-electron chi connectivity index (χ1n) is 10.6. The van der Waals surface area contributed by atoms with Crippen LogP contribution in [-0.2, 0) is 0 Å². The summed E-state index contributed by atoms with van der Waals surface area (Å²) in [6, 6.07) is 2.70. The molecule has 2 fully saturated rings. The Kier molecular flexibility index (Phi) is 5.64. The van der Waals surface area contributed by atoms with Gasteiger partial charge in [-0.2, -0.15) is 0 Å². The Morgan fingerprint density at radius 3 is 2.61 bits per heavy atom. The number of carbonyl (C=O) groups is 1. The number of nitrogens with zero attached hydrogens (tertiary/aromatic N) is 6. The fraction of sp³-hybridized carbons (Fsp3) is 0.667. The Morgan fingerprint density at radius 1 is 1.07 bits per heavy atom. The van der Waals surface area contributed by atoms with Crippen molar-refractivity contribution in [2.24, 2.45) is 0 Å². The maximum atomic E-state index is 13.1. The van der Waals surface area contributed by atoms with Crippen LogP contribution < -0.4 is 0 Å². The van der Waals surface area contributed by atoms with Gasteiger partial charge in [0.05, 0.1) is 0 Å². The molecule has 2 aliphatic heterocycles. The average Bonchev–Trinajstić information content (AvgIpc) is 3.02. The Morgan fingerprint density at radius 2 is 1.86 bits per heavy atom. The molecule has 0 radical (unpaired) electrons. The van der Waals surface area contributed by atoms with E-state index in [1.807, 2.05) is 15.5 Å². The number of imidazole rings is 1. The lowest BCUT2D eigenvalue weighted by Gasteiger charge is -2.34. The predicted molar refractivity (Wildman–Crippen MR) is 110 cm³/mol. The Hall–Kier alpha value is -1.99. The molecule has 7 heteroatoms. The Labute approximate surface area is 167 Å². The van der Waals surface area contributed by atoms with Crippen molar-refractivity contribution in [2.75, 3.05) is 46.3 Å². The zero-order valence-electron chi connectivity index (χ0n) is 17.3. The molecule has 7 nitrogen and oxygen atoms in total. The predicted octanol–water partition coefficient (Wildman–Crippen LogP) is 2.09. The molecule has 1 amide bonds. The molecule has 0 aliphatic carbocycles. The summed E-state index contributed by atoms with van der Waals surface area (Å²) in [4.78, 5) is 28.9. The fourth-order valence-electron chi connectivity index (χ4n) is 4.51. The van der Waals surface area contributed by atoms with Crippen molar-refractivity contribution in [1.82, 2.24) is 29.1 Å². The van der Waals surface area contributed by atoms with E-state index in [2.05, 4.69) is 46.7 Å². The van der Waals surface area contributed by atoms with Crippen LogP contribution >= 0.6 is 0 Å². The monoisotopic (exact) mass is 384 g/mol. The first-order chi connectivity index (χ1) is 13.5. The molecule has 0 N–H and O–H groups in total. The zero-order valence-corrected chi connectivity index (χ0v) is 17.3. The van der Waals surface area contributed by atoms with E-state index < -0.39 is 0 Å². The van der Waals surface area contributed by atoms with E-state index in [1.165, 1.54) is 5.69 Å². The minimum Gasteiger partial charge on any atom is -0.336 e. The average molecular weight is 385 g/mol. The molecular weight excluding hydrogens is 352 g/mol. The summed E-state index contributed by atoms with van der Waals surface area (Å²) in [6.45, 7) is 10.2. The van der Waals surface area contributed by atoms with E-state index >= 15 is 0 Å². The second-order valence-electron chi connectivity index (χ2n) is 8.51. The van der Waals surface area contributed by atoms with Gasteiger partial charge in [-0.25, -0.2) is 9.97 Å². The molecule has 152 valence electrons. The molecule has 0 spiro atoms. The second-order valence-corrected chi connectivity index (χ2v) is 8.51. The maximum Gasteiger partial charge on any atom is 0.276 e. The smallest absolute Gasteiger partial charge is 0.276 e. The molecule has 2 aromatic heterocycles. The van der Waals surface area contributed by atoms with Crippen molar-refractivity contribution in [3.63, 3.8) is 0 Å². The van der Waals surface area contributed by atoms with Gasteiger partial charge in [0.2, 0.25) is 0 Å². The molecule has 0 atom stereocenters. The van der Waals surface area contributed by atoms with Crippen LogP contribution in [0.15, 0.2) is 18.6 Å². The van der Waals surface area contributed by atoms with Crippen molar-refractivity contribution in [3.8, 4) is 0 Å². The third kappa shape index (κ3) is 3.78. The number of likely N-dealkylation sites (N-methyl/N-ethyl adjacent to an activating group) is 1. The highest BCUT2D eigenvalue weighted by Crippen LogP contribution is 2.29. The lowest BCUT2D eigenvalue weighted by Crippen LogP contribution is -2.38. The number of aromatic nitrogens is 3. The van der Waals surface area contributed by atoms with Gasteiger partial charge in [-0.15, -0.1) is 0 Å². The standard InChI is InChI=1S/C21H32N6O/c1-16(2)25-11-6-17(7-12-25)18-5-8-22-20-19(23-15-27(18)20)21(28)26-10-4-9-24(3)13-14-26/h5,8,15-17H,4,6-7,9-14H2,1-3H3. The third-order valence-electron chi connectivity index (χ3n) is 6.35. The first-order valence-corrected chi connectivity index (χ1v) is 10.6. The van der Waals surface area contributed by atoms with Gasteiger partial charge >= 0.3 is 0 Å². The highest BCUT2D eigenvalue weighted by atomic mass is 16.2. The first kappa shape index (κ1) is 19.3. The topological polar surface area (TPSA) is 57.0 Å². The van der Waals surface area contributed by atoms with E-state index in [-0.39, 0.29) is 5.91 Å². The van der Waals surface area contributed by atoms with Gasteiger partial charge in [-0.1, -0.05) is 0 Å². The second kappa shape index (κ2) is 8.17. The van der Waals surface area contributed by atoms with Crippen LogP contribution in [0.5, 0.6) is 0 Å². The van der Waals surface area contributed by atoms with Crippen LogP contribution in [0.4, 0.5) is 0 Å². The normalized spacial score (nSPS) is 20.8. The molecule has 0 saturated carbocycles. The molecule has 0 unspecified atom stereocenters. The molecule has 2 aromatic rings. The lowest BCUT2D eigenvalue weighted by atomic mass is 9.92. The summed E-state index contributed by atoms with van der Waals surface area (Å²) >= 11 is 0. The van der Waals surface area contributed by atoms with Crippen LogP contribution in [-0.4, -0.2) is 87.3 Å². The largest absolute Gasteiger partial charge is 0.336 e.